The fourth-order valence-electron chi connectivity index (χ4n) is 2.41. The predicted octanol–water partition coefficient (Wildman–Crippen LogP) is 0.932. The maximum atomic E-state index is 12.1. The first-order valence-electron chi connectivity index (χ1n) is 6.02. The number of amides is 1. The number of ether oxygens (including phenoxy) is 1. The summed E-state index contributed by atoms with van der Waals surface area (Å²) in [6.07, 6.45) is 0. The van der Waals surface area contributed by atoms with Gasteiger partial charge in [-0.25, -0.2) is 0 Å². The Morgan fingerprint density at radius 3 is 2.71 bits per heavy atom. The molecule has 90 valence electrons. The standard InChI is InChI=1S/C13H16N2O2/c16-13-12-4-2-1-3-11(12)9-15(13)10-14-5-7-17-8-6-14/h1-4H,5-10H2. The van der Waals surface area contributed by atoms with E-state index >= 15 is 0 Å². The van der Waals surface area contributed by atoms with Gasteiger partial charge in [-0.3, -0.25) is 9.69 Å². The Hall–Kier alpha value is -1.39. The minimum atomic E-state index is 0.159. The van der Waals surface area contributed by atoms with Gasteiger partial charge in [0.15, 0.2) is 0 Å². The molecule has 0 aromatic heterocycles. The van der Waals surface area contributed by atoms with Gasteiger partial charge in [0.05, 0.1) is 19.9 Å². The Bertz CT molecular complexity index is 427. The van der Waals surface area contributed by atoms with Gasteiger partial charge in [0.2, 0.25) is 0 Å². The maximum absolute atomic E-state index is 12.1. The fourth-order valence-corrected chi connectivity index (χ4v) is 2.41. The van der Waals surface area contributed by atoms with E-state index in [1.165, 1.54) is 0 Å². The van der Waals surface area contributed by atoms with Gasteiger partial charge < -0.3 is 9.64 Å². The molecule has 1 amide bonds. The largest absolute Gasteiger partial charge is 0.379 e. The van der Waals surface area contributed by atoms with Crippen molar-refractivity contribution in [3.63, 3.8) is 0 Å². The van der Waals surface area contributed by atoms with E-state index in [-0.39, 0.29) is 5.91 Å². The highest BCUT2D eigenvalue weighted by atomic mass is 16.5. The van der Waals surface area contributed by atoms with Crippen molar-refractivity contribution in [1.82, 2.24) is 9.80 Å². The maximum Gasteiger partial charge on any atom is 0.255 e. The molecule has 1 aromatic carbocycles. The van der Waals surface area contributed by atoms with Crippen molar-refractivity contribution in [1.29, 1.82) is 0 Å². The summed E-state index contributed by atoms with van der Waals surface area (Å²) in [6.45, 7) is 4.84. The van der Waals surface area contributed by atoms with Crippen LogP contribution in [0.5, 0.6) is 0 Å². The summed E-state index contributed by atoms with van der Waals surface area (Å²) in [7, 11) is 0. The molecule has 4 heteroatoms. The highest BCUT2D eigenvalue weighted by Crippen LogP contribution is 2.22. The topological polar surface area (TPSA) is 32.8 Å². The molecule has 0 atom stereocenters. The average molecular weight is 232 g/mol. The lowest BCUT2D eigenvalue weighted by Gasteiger charge is -2.30. The Labute approximate surface area is 101 Å². The van der Waals surface area contributed by atoms with Crippen LogP contribution in [0, 0.1) is 0 Å². The summed E-state index contributed by atoms with van der Waals surface area (Å²) < 4.78 is 5.31. The van der Waals surface area contributed by atoms with Gasteiger partial charge in [-0.1, -0.05) is 18.2 Å². The molecule has 0 bridgehead atoms. The monoisotopic (exact) mass is 232 g/mol. The average Bonchev–Trinajstić information content (AvgIpc) is 2.68. The van der Waals surface area contributed by atoms with E-state index in [0.717, 1.165) is 50.6 Å². The molecule has 0 aliphatic carbocycles. The molecule has 17 heavy (non-hydrogen) atoms. The fraction of sp³-hybridized carbons (Fsp3) is 0.462. The molecule has 4 nitrogen and oxygen atoms in total. The van der Waals surface area contributed by atoms with Crippen LogP contribution in [0.4, 0.5) is 0 Å². The lowest BCUT2D eigenvalue weighted by atomic mass is 10.1. The molecule has 2 heterocycles. The van der Waals surface area contributed by atoms with E-state index in [2.05, 4.69) is 4.90 Å². The Kier molecular flexibility index (Phi) is 2.82. The number of hydrogen-bond acceptors (Lipinski definition) is 3. The molecule has 0 saturated carbocycles. The third-order valence-electron chi connectivity index (χ3n) is 3.37. The molecule has 0 unspecified atom stereocenters. The summed E-state index contributed by atoms with van der Waals surface area (Å²) in [5.74, 6) is 0.159. The summed E-state index contributed by atoms with van der Waals surface area (Å²) in [5.41, 5.74) is 2.01. The van der Waals surface area contributed by atoms with Crippen LogP contribution in [0.2, 0.25) is 0 Å². The number of carbonyl (C=O) groups excluding carboxylic acids is 1. The van der Waals surface area contributed by atoms with Crippen molar-refractivity contribution in [3.05, 3.63) is 35.4 Å². The SMILES string of the molecule is O=C1c2ccccc2CN1CN1CCOCC1. The van der Waals surface area contributed by atoms with Crippen LogP contribution in [-0.4, -0.2) is 48.7 Å². The van der Waals surface area contributed by atoms with Crippen LogP contribution < -0.4 is 0 Å². The van der Waals surface area contributed by atoms with Gasteiger partial charge in [0.25, 0.3) is 5.91 Å². The molecule has 3 rings (SSSR count). The number of carbonyl (C=O) groups is 1. The van der Waals surface area contributed by atoms with Crippen molar-refractivity contribution in [2.24, 2.45) is 0 Å². The lowest BCUT2D eigenvalue weighted by Crippen LogP contribution is -2.44. The van der Waals surface area contributed by atoms with E-state index < -0.39 is 0 Å². The Morgan fingerprint density at radius 2 is 1.94 bits per heavy atom. The zero-order chi connectivity index (χ0) is 11.7. The molecule has 2 aliphatic heterocycles. The van der Waals surface area contributed by atoms with Gasteiger partial charge in [-0.05, 0) is 11.6 Å². The van der Waals surface area contributed by atoms with E-state index in [1.54, 1.807) is 0 Å². The van der Waals surface area contributed by atoms with Gasteiger partial charge in [-0.2, -0.15) is 0 Å². The molecule has 0 radical (unpaired) electrons. The Balaban J connectivity index is 1.69. The van der Waals surface area contributed by atoms with Crippen LogP contribution in [-0.2, 0) is 11.3 Å². The number of rotatable bonds is 2. The second-order valence-corrected chi connectivity index (χ2v) is 4.53. The first kappa shape index (κ1) is 10.7. The second kappa shape index (κ2) is 4.47. The minimum absolute atomic E-state index is 0.159. The van der Waals surface area contributed by atoms with Crippen molar-refractivity contribution in [2.45, 2.75) is 6.54 Å². The van der Waals surface area contributed by atoms with Crippen LogP contribution in [0.1, 0.15) is 15.9 Å². The predicted molar refractivity (Wildman–Crippen MR) is 63.6 cm³/mol. The summed E-state index contributed by atoms with van der Waals surface area (Å²) in [6, 6.07) is 7.86. The van der Waals surface area contributed by atoms with Crippen molar-refractivity contribution in [3.8, 4) is 0 Å². The first-order chi connectivity index (χ1) is 8.34. The summed E-state index contributed by atoms with van der Waals surface area (Å²) >= 11 is 0. The number of benzene rings is 1. The molecule has 1 fully saturated rings. The quantitative estimate of drug-likeness (QED) is 0.760. The van der Waals surface area contributed by atoms with Crippen molar-refractivity contribution in [2.75, 3.05) is 33.0 Å². The van der Waals surface area contributed by atoms with E-state index in [4.69, 9.17) is 4.74 Å². The smallest absolute Gasteiger partial charge is 0.255 e. The van der Waals surface area contributed by atoms with Gasteiger partial charge in [-0.15, -0.1) is 0 Å². The molecular weight excluding hydrogens is 216 g/mol. The number of fused-ring (bicyclic) bond motifs is 1. The summed E-state index contributed by atoms with van der Waals surface area (Å²) in [4.78, 5) is 16.3. The van der Waals surface area contributed by atoms with Gasteiger partial charge >= 0.3 is 0 Å². The van der Waals surface area contributed by atoms with Crippen LogP contribution in [0.25, 0.3) is 0 Å². The van der Waals surface area contributed by atoms with Crippen LogP contribution in [0.3, 0.4) is 0 Å². The molecule has 2 aliphatic rings. The molecule has 0 spiro atoms. The zero-order valence-corrected chi connectivity index (χ0v) is 9.76. The summed E-state index contributed by atoms with van der Waals surface area (Å²) in [5, 5.41) is 0. The molecule has 1 saturated heterocycles. The second-order valence-electron chi connectivity index (χ2n) is 4.53. The van der Waals surface area contributed by atoms with E-state index in [9.17, 15) is 4.79 Å². The van der Waals surface area contributed by atoms with Crippen molar-refractivity contribution >= 4 is 5.91 Å². The van der Waals surface area contributed by atoms with Gasteiger partial charge in [0, 0.05) is 25.2 Å². The third-order valence-corrected chi connectivity index (χ3v) is 3.37. The zero-order valence-electron chi connectivity index (χ0n) is 9.76. The number of hydrogen-bond donors (Lipinski definition) is 0. The van der Waals surface area contributed by atoms with E-state index in [1.807, 2.05) is 29.2 Å². The highest BCUT2D eigenvalue weighted by molar-refractivity contribution is 5.98. The van der Waals surface area contributed by atoms with Crippen LogP contribution in [0.15, 0.2) is 24.3 Å². The van der Waals surface area contributed by atoms with Crippen molar-refractivity contribution < 1.29 is 9.53 Å². The first-order valence-corrected chi connectivity index (χ1v) is 6.02. The molecule has 0 N–H and O–H groups in total. The lowest BCUT2D eigenvalue weighted by molar-refractivity contribution is 0.0108. The van der Waals surface area contributed by atoms with Gasteiger partial charge in [0.1, 0.15) is 0 Å². The minimum Gasteiger partial charge on any atom is -0.379 e. The Morgan fingerprint density at radius 1 is 1.18 bits per heavy atom. The molecular formula is C13H16N2O2. The highest BCUT2D eigenvalue weighted by Gasteiger charge is 2.28. The normalized spacial score (nSPS) is 20.7. The van der Waals surface area contributed by atoms with E-state index in [0.29, 0.717) is 0 Å². The number of nitrogens with zero attached hydrogens (tertiary/aromatic N) is 2. The third kappa shape index (κ3) is 2.06. The number of morpholine rings is 1. The van der Waals surface area contributed by atoms with Crippen LogP contribution >= 0.6 is 0 Å². The molecule has 1 aromatic rings.